The van der Waals surface area contributed by atoms with Crippen LogP contribution in [0.15, 0.2) is 0 Å². The van der Waals surface area contributed by atoms with Crippen molar-refractivity contribution < 1.29 is 24.9 Å². The van der Waals surface area contributed by atoms with Crippen LogP contribution >= 0.6 is 0 Å². The van der Waals surface area contributed by atoms with E-state index in [1.807, 2.05) is 0 Å². The van der Waals surface area contributed by atoms with E-state index in [-0.39, 0.29) is 0 Å². The van der Waals surface area contributed by atoms with E-state index in [0.717, 1.165) is 0 Å². The third kappa shape index (κ3) is 1.86. The standard InChI is InChI=1S/C7H14N2O5/c1-9-6-2(8)3(10)4(11)5(14-6)7(12)13/h2-6,9-11H,8H2,1H3,(H,12,13). The van der Waals surface area contributed by atoms with Crippen LogP contribution in [0.5, 0.6) is 0 Å². The molecule has 0 aromatic carbocycles. The van der Waals surface area contributed by atoms with Gasteiger partial charge in [-0.3, -0.25) is 5.32 Å². The minimum absolute atomic E-state index is 0.783. The maximum Gasteiger partial charge on any atom is 0.335 e. The number of ether oxygens (including phenoxy) is 1. The second kappa shape index (κ2) is 4.20. The second-order valence-corrected chi connectivity index (χ2v) is 3.16. The molecule has 7 heteroatoms. The topological polar surface area (TPSA) is 125 Å². The first-order valence-corrected chi connectivity index (χ1v) is 4.16. The van der Waals surface area contributed by atoms with Crippen molar-refractivity contribution in [3.63, 3.8) is 0 Å². The van der Waals surface area contributed by atoms with Crippen molar-refractivity contribution >= 4 is 5.97 Å². The zero-order valence-corrected chi connectivity index (χ0v) is 7.62. The first-order valence-electron chi connectivity index (χ1n) is 4.16. The molecule has 1 heterocycles. The molecule has 1 saturated heterocycles. The summed E-state index contributed by atoms with van der Waals surface area (Å²) in [5.74, 6) is -1.33. The van der Waals surface area contributed by atoms with Crippen molar-refractivity contribution in [2.75, 3.05) is 7.05 Å². The highest BCUT2D eigenvalue weighted by molar-refractivity contribution is 5.73. The molecule has 0 radical (unpaired) electrons. The predicted octanol–water partition coefficient (Wildman–Crippen LogP) is -2.94. The number of nitrogens with two attached hydrogens (primary N) is 1. The van der Waals surface area contributed by atoms with E-state index in [2.05, 4.69) is 5.32 Å². The number of likely N-dealkylation sites (N-methyl/N-ethyl adjacent to an activating group) is 1. The van der Waals surface area contributed by atoms with Gasteiger partial charge in [0, 0.05) is 0 Å². The van der Waals surface area contributed by atoms with Gasteiger partial charge in [0.1, 0.15) is 18.4 Å². The molecule has 0 amide bonds. The monoisotopic (exact) mass is 206 g/mol. The summed E-state index contributed by atoms with van der Waals surface area (Å²) in [5, 5.41) is 30.0. The van der Waals surface area contributed by atoms with E-state index >= 15 is 0 Å². The minimum Gasteiger partial charge on any atom is -0.479 e. The molecule has 1 aliphatic rings. The largest absolute Gasteiger partial charge is 0.479 e. The van der Waals surface area contributed by atoms with Crippen molar-refractivity contribution in [2.45, 2.75) is 30.6 Å². The van der Waals surface area contributed by atoms with Gasteiger partial charge < -0.3 is 25.8 Å². The van der Waals surface area contributed by atoms with Gasteiger partial charge in [0.05, 0.1) is 6.04 Å². The van der Waals surface area contributed by atoms with Crippen LogP contribution in [0, 0.1) is 0 Å². The molecule has 0 saturated carbocycles. The van der Waals surface area contributed by atoms with Gasteiger partial charge >= 0.3 is 5.97 Å². The third-order valence-electron chi connectivity index (χ3n) is 2.23. The molecular weight excluding hydrogens is 192 g/mol. The van der Waals surface area contributed by atoms with E-state index in [9.17, 15) is 15.0 Å². The number of carboxylic acid groups (broad SMARTS) is 1. The smallest absolute Gasteiger partial charge is 0.335 e. The molecule has 0 bridgehead atoms. The average molecular weight is 206 g/mol. The molecule has 5 unspecified atom stereocenters. The lowest BCUT2D eigenvalue weighted by Crippen LogP contribution is -2.65. The fourth-order valence-corrected chi connectivity index (χ4v) is 1.38. The molecule has 0 spiro atoms. The lowest BCUT2D eigenvalue weighted by Gasteiger charge is -2.39. The summed E-state index contributed by atoms with van der Waals surface area (Å²) in [6, 6.07) is -0.856. The van der Waals surface area contributed by atoms with Gasteiger partial charge in [0.15, 0.2) is 6.10 Å². The molecule has 82 valence electrons. The highest BCUT2D eigenvalue weighted by Crippen LogP contribution is 2.18. The van der Waals surface area contributed by atoms with Gasteiger partial charge in [-0.05, 0) is 7.05 Å². The number of rotatable bonds is 2. The molecular formula is C7H14N2O5. The van der Waals surface area contributed by atoms with Gasteiger partial charge in [0.25, 0.3) is 0 Å². The van der Waals surface area contributed by atoms with Gasteiger partial charge in [-0.15, -0.1) is 0 Å². The van der Waals surface area contributed by atoms with Gasteiger partial charge in [-0.2, -0.15) is 0 Å². The molecule has 7 nitrogen and oxygen atoms in total. The number of nitrogens with one attached hydrogen (secondary N) is 1. The van der Waals surface area contributed by atoms with E-state index in [0.29, 0.717) is 0 Å². The fraction of sp³-hybridized carbons (Fsp3) is 0.857. The van der Waals surface area contributed by atoms with Gasteiger partial charge in [0.2, 0.25) is 0 Å². The molecule has 1 rings (SSSR count). The quantitative estimate of drug-likeness (QED) is 0.327. The van der Waals surface area contributed by atoms with Crippen LogP contribution < -0.4 is 11.1 Å². The fourth-order valence-electron chi connectivity index (χ4n) is 1.38. The first kappa shape index (κ1) is 11.3. The Bertz CT molecular complexity index is 222. The normalized spacial score (nSPS) is 43.6. The number of aliphatic hydroxyl groups is 2. The first-order chi connectivity index (χ1) is 6.49. The summed E-state index contributed by atoms with van der Waals surface area (Å²) in [4.78, 5) is 10.6. The van der Waals surface area contributed by atoms with Gasteiger partial charge in [-0.1, -0.05) is 0 Å². The Labute approximate surface area is 80.5 Å². The second-order valence-electron chi connectivity index (χ2n) is 3.16. The van der Waals surface area contributed by atoms with Crippen molar-refractivity contribution in [1.29, 1.82) is 0 Å². The lowest BCUT2D eigenvalue weighted by atomic mass is 9.96. The van der Waals surface area contributed by atoms with E-state index in [1.165, 1.54) is 7.05 Å². The van der Waals surface area contributed by atoms with Crippen LogP contribution in [0.25, 0.3) is 0 Å². The summed E-state index contributed by atoms with van der Waals surface area (Å²) in [6.45, 7) is 0. The molecule has 0 aromatic rings. The number of hydrogen-bond acceptors (Lipinski definition) is 6. The van der Waals surface area contributed by atoms with Crippen LogP contribution in [-0.4, -0.2) is 58.9 Å². The van der Waals surface area contributed by atoms with Crippen LogP contribution in [0.3, 0.4) is 0 Å². The van der Waals surface area contributed by atoms with E-state index in [4.69, 9.17) is 15.6 Å². The van der Waals surface area contributed by atoms with E-state index < -0.39 is 36.6 Å². The highest BCUT2D eigenvalue weighted by atomic mass is 16.6. The summed E-state index contributed by atoms with van der Waals surface area (Å²) in [7, 11) is 1.52. The van der Waals surface area contributed by atoms with Crippen molar-refractivity contribution in [3.8, 4) is 0 Å². The van der Waals surface area contributed by atoms with Crippen LogP contribution in [0.1, 0.15) is 0 Å². The maximum atomic E-state index is 10.6. The molecule has 0 aromatic heterocycles. The number of hydrogen-bond donors (Lipinski definition) is 5. The van der Waals surface area contributed by atoms with Crippen LogP contribution in [0.4, 0.5) is 0 Å². The molecule has 0 aliphatic carbocycles. The Kier molecular flexibility index (Phi) is 3.40. The Morgan fingerprint density at radius 1 is 1.43 bits per heavy atom. The molecule has 1 fully saturated rings. The number of carbonyl (C=O) groups is 1. The SMILES string of the molecule is CNC1OC(C(=O)O)C(O)C(O)C1N. The third-order valence-corrected chi connectivity index (χ3v) is 2.23. The Hall–Kier alpha value is -0.730. The number of aliphatic carboxylic acids is 1. The summed E-state index contributed by atoms with van der Waals surface area (Å²) < 4.78 is 4.95. The zero-order valence-electron chi connectivity index (χ0n) is 7.62. The molecule has 5 atom stereocenters. The number of aliphatic hydroxyl groups excluding tert-OH is 2. The Balaban J connectivity index is 2.78. The molecule has 6 N–H and O–H groups in total. The molecule has 14 heavy (non-hydrogen) atoms. The zero-order chi connectivity index (χ0) is 10.9. The average Bonchev–Trinajstić information content (AvgIpc) is 2.14. The van der Waals surface area contributed by atoms with Gasteiger partial charge in [-0.25, -0.2) is 4.79 Å². The summed E-state index contributed by atoms with van der Waals surface area (Å²) in [5.41, 5.74) is 5.50. The summed E-state index contributed by atoms with van der Waals surface area (Å²) in [6.07, 6.45) is -5.06. The predicted molar refractivity (Wildman–Crippen MR) is 45.3 cm³/mol. The summed E-state index contributed by atoms with van der Waals surface area (Å²) >= 11 is 0. The maximum absolute atomic E-state index is 10.6. The van der Waals surface area contributed by atoms with Crippen LogP contribution in [-0.2, 0) is 9.53 Å². The lowest BCUT2D eigenvalue weighted by molar-refractivity contribution is -0.202. The number of carboxylic acids is 1. The molecule has 1 aliphatic heterocycles. The van der Waals surface area contributed by atoms with Crippen LogP contribution in [0.2, 0.25) is 0 Å². The Morgan fingerprint density at radius 3 is 2.43 bits per heavy atom. The highest BCUT2D eigenvalue weighted by Gasteiger charge is 2.45. The van der Waals surface area contributed by atoms with Crippen molar-refractivity contribution in [3.05, 3.63) is 0 Å². The Morgan fingerprint density at radius 2 is 2.00 bits per heavy atom. The minimum atomic E-state index is -1.51. The van der Waals surface area contributed by atoms with Crippen molar-refractivity contribution in [1.82, 2.24) is 5.32 Å². The van der Waals surface area contributed by atoms with E-state index in [1.54, 1.807) is 0 Å². The van der Waals surface area contributed by atoms with Crippen molar-refractivity contribution in [2.24, 2.45) is 5.73 Å².